The molecule has 0 aliphatic heterocycles. The minimum absolute atomic E-state index is 0.0872. The van der Waals surface area contributed by atoms with Gasteiger partial charge in [-0.15, -0.1) is 0 Å². The maximum absolute atomic E-state index is 13.6. The van der Waals surface area contributed by atoms with Crippen molar-refractivity contribution in [2.75, 3.05) is 11.4 Å². The van der Waals surface area contributed by atoms with Crippen molar-refractivity contribution in [1.29, 1.82) is 0 Å². The van der Waals surface area contributed by atoms with E-state index in [2.05, 4.69) is 17.4 Å². The lowest BCUT2D eigenvalue weighted by Gasteiger charge is -2.27. The van der Waals surface area contributed by atoms with Crippen molar-refractivity contribution in [2.24, 2.45) is 0 Å². The van der Waals surface area contributed by atoms with Gasteiger partial charge in [-0.3, -0.25) is 9.69 Å². The number of urea groups is 1. The molecule has 0 unspecified atom stereocenters. The lowest BCUT2D eigenvalue weighted by atomic mass is 9.84. The monoisotopic (exact) mass is 597 g/mol. The number of carbonyl (C=O) groups is 3. The van der Waals surface area contributed by atoms with E-state index in [0.29, 0.717) is 22.2 Å². The van der Waals surface area contributed by atoms with Crippen LogP contribution in [0.4, 0.5) is 19.3 Å². The predicted octanol–water partition coefficient (Wildman–Crippen LogP) is 7.31. The van der Waals surface area contributed by atoms with Crippen LogP contribution in [0, 0.1) is 0 Å². The van der Waals surface area contributed by atoms with E-state index < -0.39 is 24.3 Å². The maximum Gasteiger partial charge on any atom is 0.376 e. The first kappa shape index (κ1) is 31.0. The highest BCUT2D eigenvalue weighted by Crippen LogP contribution is 2.33. The minimum Gasteiger partial charge on any atom is -0.477 e. The number of alkyl halides is 2. The maximum atomic E-state index is 13.6. The fourth-order valence-corrected chi connectivity index (χ4v) is 5.18. The molecule has 7 nitrogen and oxygen atoms in total. The van der Waals surface area contributed by atoms with Crippen LogP contribution in [0.3, 0.4) is 0 Å². The van der Waals surface area contributed by atoms with Gasteiger partial charge in [-0.2, -0.15) is 8.78 Å². The molecule has 4 rings (SSSR count). The predicted molar refractivity (Wildman–Crippen MR) is 158 cm³/mol. The molecular formula is C32H34ClF2N3O4. The third-order valence-electron chi connectivity index (χ3n) is 7.58. The van der Waals surface area contributed by atoms with Crippen LogP contribution in [0.5, 0.6) is 0 Å². The van der Waals surface area contributed by atoms with E-state index in [0.717, 1.165) is 18.4 Å². The number of anilines is 1. The number of hydrogen-bond donors (Lipinski definition) is 3. The van der Waals surface area contributed by atoms with Crippen LogP contribution in [0.15, 0.2) is 72.8 Å². The number of nitrogens with one attached hydrogen (secondary N) is 2. The number of carboxylic acids is 1. The van der Waals surface area contributed by atoms with Gasteiger partial charge < -0.3 is 15.7 Å². The molecule has 10 heteroatoms. The standard InChI is InChI=1S/C32H34ClF2N3O4/c1-21(23-11-15-27(33)16-12-23)37-31(42)38(28-17-13-25(14-18-28)24-5-3-2-4-6-24)19-22-7-9-26(10-8-22)29(39)36-20-32(34,35)30(40)41/h7-18,21,24H,2-6,19-20H2,1H3,(H,36,39)(H,37,42)(H,40,41)/t21-/m0/s1. The van der Waals surface area contributed by atoms with E-state index in [1.165, 1.54) is 37.0 Å². The summed E-state index contributed by atoms with van der Waals surface area (Å²) in [5, 5.41) is 14.1. The SMILES string of the molecule is C[C@H](NC(=O)N(Cc1ccc(C(=O)NCC(F)(F)C(=O)O)cc1)c1ccc(C2CCCCC2)cc1)c1ccc(Cl)cc1. The molecule has 0 heterocycles. The van der Waals surface area contributed by atoms with Gasteiger partial charge in [0.2, 0.25) is 0 Å². The molecule has 0 spiro atoms. The van der Waals surface area contributed by atoms with Crippen molar-refractivity contribution in [3.05, 3.63) is 100 Å². The van der Waals surface area contributed by atoms with Crippen LogP contribution in [0.25, 0.3) is 0 Å². The summed E-state index contributed by atoms with van der Waals surface area (Å²) in [5.41, 5.74) is 3.65. The van der Waals surface area contributed by atoms with Gasteiger partial charge in [0, 0.05) is 16.3 Å². The van der Waals surface area contributed by atoms with E-state index in [-0.39, 0.29) is 24.2 Å². The quantitative estimate of drug-likeness (QED) is 0.228. The zero-order chi connectivity index (χ0) is 30.3. The zero-order valence-corrected chi connectivity index (χ0v) is 24.0. The van der Waals surface area contributed by atoms with Crippen molar-refractivity contribution in [1.82, 2.24) is 10.6 Å². The number of carboxylic acid groups (broad SMARTS) is 1. The van der Waals surface area contributed by atoms with E-state index in [4.69, 9.17) is 16.7 Å². The smallest absolute Gasteiger partial charge is 0.376 e. The molecule has 1 aliphatic rings. The number of rotatable bonds is 10. The van der Waals surface area contributed by atoms with Crippen LogP contribution in [0.1, 0.15) is 78.0 Å². The number of hydrogen-bond acceptors (Lipinski definition) is 3. The molecule has 1 fully saturated rings. The number of amides is 3. The lowest BCUT2D eigenvalue weighted by Crippen LogP contribution is -2.42. The molecule has 222 valence electrons. The summed E-state index contributed by atoms with van der Waals surface area (Å²) in [6, 6.07) is 20.8. The van der Waals surface area contributed by atoms with Crippen molar-refractivity contribution in [3.8, 4) is 0 Å². The molecule has 1 atom stereocenters. The Morgan fingerprint density at radius 2 is 1.57 bits per heavy atom. The highest BCUT2D eigenvalue weighted by atomic mass is 35.5. The summed E-state index contributed by atoms with van der Waals surface area (Å²) in [5.74, 6) is -6.69. The number of halogens is 3. The Bertz CT molecular complexity index is 1380. The lowest BCUT2D eigenvalue weighted by molar-refractivity contribution is -0.163. The molecule has 3 aromatic rings. The van der Waals surface area contributed by atoms with Crippen molar-refractivity contribution in [3.63, 3.8) is 0 Å². The average molecular weight is 598 g/mol. The molecule has 0 saturated heterocycles. The average Bonchev–Trinajstić information content (AvgIpc) is 2.99. The second kappa shape index (κ2) is 13.8. The first-order chi connectivity index (χ1) is 20.0. The summed E-state index contributed by atoms with van der Waals surface area (Å²) < 4.78 is 26.7. The van der Waals surface area contributed by atoms with Crippen LogP contribution in [-0.2, 0) is 11.3 Å². The van der Waals surface area contributed by atoms with Crippen LogP contribution < -0.4 is 15.5 Å². The Labute approximate surface area is 248 Å². The Morgan fingerprint density at radius 3 is 2.17 bits per heavy atom. The highest BCUT2D eigenvalue weighted by molar-refractivity contribution is 6.30. The van der Waals surface area contributed by atoms with Gasteiger partial charge in [0.25, 0.3) is 5.91 Å². The van der Waals surface area contributed by atoms with Gasteiger partial charge in [-0.25, -0.2) is 9.59 Å². The summed E-state index contributed by atoms with van der Waals surface area (Å²) in [6.07, 6.45) is 6.04. The van der Waals surface area contributed by atoms with Crippen LogP contribution >= 0.6 is 11.6 Å². The number of carbonyl (C=O) groups excluding carboxylic acids is 2. The third-order valence-corrected chi connectivity index (χ3v) is 7.83. The van der Waals surface area contributed by atoms with E-state index in [9.17, 15) is 23.2 Å². The topological polar surface area (TPSA) is 98.7 Å². The number of benzene rings is 3. The van der Waals surface area contributed by atoms with Crippen molar-refractivity contribution >= 4 is 35.2 Å². The number of aliphatic carboxylic acids is 1. The summed E-state index contributed by atoms with van der Waals surface area (Å²) >= 11 is 6.01. The fraction of sp³-hybridized carbons (Fsp3) is 0.344. The first-order valence-corrected chi connectivity index (χ1v) is 14.3. The largest absolute Gasteiger partial charge is 0.477 e. The van der Waals surface area contributed by atoms with Gasteiger partial charge in [-0.1, -0.05) is 67.3 Å². The molecule has 3 amide bonds. The molecule has 3 N–H and O–H groups in total. The Kier molecular flexibility index (Phi) is 10.2. The van der Waals surface area contributed by atoms with Crippen molar-refractivity contribution < 1.29 is 28.3 Å². The van der Waals surface area contributed by atoms with E-state index in [1.807, 2.05) is 36.5 Å². The molecule has 0 radical (unpaired) electrons. The third kappa shape index (κ3) is 8.06. The van der Waals surface area contributed by atoms with Crippen molar-refractivity contribution in [2.45, 2.75) is 63.5 Å². The van der Waals surface area contributed by atoms with Gasteiger partial charge in [0.15, 0.2) is 0 Å². The van der Waals surface area contributed by atoms with Gasteiger partial charge in [-0.05, 0) is 78.8 Å². The molecule has 0 aromatic heterocycles. The summed E-state index contributed by atoms with van der Waals surface area (Å²) in [6.45, 7) is 0.743. The van der Waals surface area contributed by atoms with Crippen LogP contribution in [-0.4, -0.2) is 35.5 Å². The second-order valence-corrected chi connectivity index (χ2v) is 11.1. The Morgan fingerprint density at radius 1 is 0.952 bits per heavy atom. The summed E-state index contributed by atoms with van der Waals surface area (Å²) in [7, 11) is 0. The van der Waals surface area contributed by atoms with Gasteiger partial charge >= 0.3 is 17.9 Å². The highest BCUT2D eigenvalue weighted by Gasteiger charge is 2.39. The molecular weight excluding hydrogens is 564 g/mol. The van der Waals surface area contributed by atoms with E-state index in [1.54, 1.807) is 29.2 Å². The fourth-order valence-electron chi connectivity index (χ4n) is 5.05. The second-order valence-electron chi connectivity index (χ2n) is 10.6. The van der Waals surface area contributed by atoms with E-state index >= 15 is 0 Å². The summed E-state index contributed by atoms with van der Waals surface area (Å²) in [4.78, 5) is 38.1. The minimum atomic E-state index is -4.07. The van der Waals surface area contributed by atoms with Gasteiger partial charge in [0.05, 0.1) is 19.1 Å². The molecule has 3 aromatic carbocycles. The molecule has 42 heavy (non-hydrogen) atoms. The number of nitrogens with zero attached hydrogens (tertiary/aromatic N) is 1. The Balaban J connectivity index is 1.51. The normalized spacial score (nSPS) is 14.6. The molecule has 1 saturated carbocycles. The Hall–Kier alpha value is -3.98. The zero-order valence-electron chi connectivity index (χ0n) is 23.3. The van der Waals surface area contributed by atoms with Crippen LogP contribution in [0.2, 0.25) is 5.02 Å². The first-order valence-electron chi connectivity index (χ1n) is 14.0. The molecule has 0 bridgehead atoms. The van der Waals surface area contributed by atoms with Gasteiger partial charge in [0.1, 0.15) is 0 Å². The molecule has 1 aliphatic carbocycles.